The van der Waals surface area contributed by atoms with Gasteiger partial charge in [-0.3, -0.25) is 3.07 Å². The molecule has 146 valence electrons. The van der Waals surface area contributed by atoms with Crippen LogP contribution in [-0.2, 0) is 3.07 Å². The zero-order valence-corrected chi connectivity index (χ0v) is 19.6. The van der Waals surface area contributed by atoms with E-state index in [2.05, 4.69) is 31.9 Å². The van der Waals surface area contributed by atoms with Crippen molar-refractivity contribution < 1.29 is 22.9 Å². The molecule has 0 fully saturated rings. The van der Waals surface area contributed by atoms with Crippen LogP contribution in [0.4, 0.5) is 0 Å². The molecule has 3 aromatic rings. The van der Waals surface area contributed by atoms with Crippen molar-refractivity contribution in [1.29, 1.82) is 0 Å². The van der Waals surface area contributed by atoms with E-state index in [1.54, 1.807) is 48.5 Å². The highest BCUT2D eigenvalue weighted by atomic mass is 127. The van der Waals surface area contributed by atoms with Crippen molar-refractivity contribution in [2.75, 3.05) is 0 Å². The van der Waals surface area contributed by atoms with Gasteiger partial charge >= 0.3 is 11.9 Å². The Morgan fingerprint density at radius 2 is 1.00 bits per heavy atom. The molecular weight excluding hydrogens is 607 g/mol. The van der Waals surface area contributed by atoms with Crippen LogP contribution in [-0.4, -0.2) is 22.2 Å². The van der Waals surface area contributed by atoms with Crippen molar-refractivity contribution in [2.24, 2.45) is 0 Å². The molecule has 5 nitrogen and oxygen atoms in total. The summed E-state index contributed by atoms with van der Waals surface area (Å²) in [6, 6.07) is 22.4. The largest absolute Gasteiger partial charge is 0.478 e. The maximum absolute atomic E-state index is 10.3. The van der Waals surface area contributed by atoms with Gasteiger partial charge in [0.25, 0.3) is 0 Å². The van der Waals surface area contributed by atoms with E-state index in [0.29, 0.717) is 11.1 Å². The molecule has 0 amide bonds. The van der Waals surface area contributed by atoms with E-state index in [9.17, 15) is 12.7 Å². The van der Waals surface area contributed by atoms with Crippen LogP contribution in [0.2, 0.25) is 0 Å². The van der Waals surface area contributed by atoms with Crippen LogP contribution in [0.1, 0.15) is 20.7 Å². The van der Waals surface area contributed by atoms with Gasteiger partial charge in [-0.25, -0.2) is 9.59 Å². The SMILES string of the molecule is O=C(O)c1ccc(Br)cc1.O=C(O)c1ccc(Br)cc1.O=Ic1ccccc1. The summed E-state index contributed by atoms with van der Waals surface area (Å²) < 4.78 is 13.0. The zero-order chi connectivity index (χ0) is 20.9. The number of aromatic carboxylic acids is 2. The first-order valence-electron chi connectivity index (χ1n) is 7.63. The van der Waals surface area contributed by atoms with Crippen LogP contribution in [0.25, 0.3) is 0 Å². The highest BCUT2D eigenvalue weighted by Crippen LogP contribution is 2.10. The van der Waals surface area contributed by atoms with Crippen LogP contribution >= 0.6 is 53.1 Å². The first-order valence-corrected chi connectivity index (χ1v) is 11.2. The number of hydrogen-bond acceptors (Lipinski definition) is 3. The highest BCUT2D eigenvalue weighted by Gasteiger charge is 1.99. The molecule has 28 heavy (non-hydrogen) atoms. The Labute approximate surface area is 189 Å². The van der Waals surface area contributed by atoms with Gasteiger partial charge in [-0.05, 0) is 60.7 Å². The Kier molecular flexibility index (Phi) is 11.5. The molecule has 2 N–H and O–H groups in total. The highest BCUT2D eigenvalue weighted by molar-refractivity contribution is 14.1. The minimum Gasteiger partial charge on any atom is -0.478 e. The molecule has 3 rings (SSSR count). The summed E-state index contributed by atoms with van der Waals surface area (Å²) in [6.07, 6.45) is 0. The van der Waals surface area contributed by atoms with E-state index in [1.165, 1.54) is 0 Å². The third-order valence-corrected chi connectivity index (χ3v) is 5.29. The number of carboxylic acids is 2. The molecule has 0 heterocycles. The summed E-state index contributed by atoms with van der Waals surface area (Å²) in [5.41, 5.74) is 0.617. The molecule has 0 atom stereocenters. The van der Waals surface area contributed by atoms with E-state index in [-0.39, 0.29) is 0 Å². The van der Waals surface area contributed by atoms with Gasteiger partial charge in [0.05, 0.1) is 11.1 Å². The van der Waals surface area contributed by atoms with E-state index in [1.807, 2.05) is 30.3 Å². The quantitative estimate of drug-likeness (QED) is 0.327. The van der Waals surface area contributed by atoms with Crippen molar-refractivity contribution in [3.63, 3.8) is 0 Å². The minimum absolute atomic E-state index is 0.309. The van der Waals surface area contributed by atoms with Crippen LogP contribution in [0.15, 0.2) is 87.8 Å². The molecule has 0 aliphatic carbocycles. The van der Waals surface area contributed by atoms with Crippen molar-refractivity contribution in [3.05, 3.63) is 103 Å². The summed E-state index contributed by atoms with van der Waals surface area (Å²) in [4.78, 5) is 20.6. The maximum Gasteiger partial charge on any atom is 0.335 e. The molecule has 0 aliphatic rings. The van der Waals surface area contributed by atoms with Gasteiger partial charge < -0.3 is 10.2 Å². The number of rotatable bonds is 3. The second-order valence-corrected chi connectivity index (χ2v) is 8.51. The lowest BCUT2D eigenvalue weighted by atomic mass is 10.2. The maximum atomic E-state index is 10.3. The predicted molar refractivity (Wildman–Crippen MR) is 122 cm³/mol. The Bertz CT molecular complexity index is 843. The van der Waals surface area contributed by atoms with Crippen LogP contribution in [0.5, 0.6) is 0 Å². The van der Waals surface area contributed by atoms with Crippen molar-refractivity contribution >= 4 is 65.0 Å². The zero-order valence-electron chi connectivity index (χ0n) is 14.3. The lowest BCUT2D eigenvalue weighted by molar-refractivity contribution is 0.0686. The van der Waals surface area contributed by atoms with Gasteiger partial charge in [-0.15, -0.1) is 0 Å². The van der Waals surface area contributed by atoms with E-state index < -0.39 is 33.1 Å². The fourth-order valence-corrected chi connectivity index (χ4v) is 2.89. The van der Waals surface area contributed by atoms with Crippen molar-refractivity contribution in [3.8, 4) is 0 Å². The minimum atomic E-state index is -0.941. The Morgan fingerprint density at radius 1 is 0.643 bits per heavy atom. The second-order valence-electron chi connectivity index (χ2n) is 5.00. The molecule has 3 aromatic carbocycles. The Balaban J connectivity index is 0.000000212. The number of carboxylic acid groups (broad SMARTS) is 2. The summed E-state index contributed by atoms with van der Waals surface area (Å²) in [5.74, 6) is -1.79. The van der Waals surface area contributed by atoms with Crippen LogP contribution in [0.3, 0.4) is 0 Å². The fourth-order valence-electron chi connectivity index (χ4n) is 1.65. The number of benzene rings is 3. The molecule has 0 aromatic heterocycles. The van der Waals surface area contributed by atoms with E-state index in [0.717, 1.165) is 12.5 Å². The Morgan fingerprint density at radius 3 is 1.25 bits per heavy atom. The summed E-state index contributed by atoms with van der Waals surface area (Å²) in [6.45, 7) is 0. The summed E-state index contributed by atoms with van der Waals surface area (Å²) in [5, 5.41) is 16.9. The molecule has 0 spiro atoms. The van der Waals surface area contributed by atoms with E-state index >= 15 is 0 Å². The normalized spacial score (nSPS) is 9.21. The molecule has 8 heteroatoms. The average Bonchev–Trinajstić information content (AvgIpc) is 2.70. The lowest BCUT2D eigenvalue weighted by Gasteiger charge is -1.91. The monoisotopic (exact) mass is 620 g/mol. The van der Waals surface area contributed by atoms with Crippen LogP contribution in [0, 0.1) is 3.57 Å². The van der Waals surface area contributed by atoms with Gasteiger partial charge in [-0.1, -0.05) is 50.1 Å². The lowest BCUT2D eigenvalue weighted by Crippen LogP contribution is -1.94. The van der Waals surface area contributed by atoms with Gasteiger partial charge in [-0.2, -0.15) is 0 Å². The van der Waals surface area contributed by atoms with Gasteiger partial charge in [0.1, 0.15) is 0 Å². The topological polar surface area (TPSA) is 91.7 Å². The van der Waals surface area contributed by atoms with Crippen molar-refractivity contribution in [1.82, 2.24) is 0 Å². The smallest absolute Gasteiger partial charge is 0.335 e. The van der Waals surface area contributed by atoms with Gasteiger partial charge in [0, 0.05) is 12.5 Å². The Hall–Kier alpha value is -1.91. The molecule has 0 aliphatic heterocycles. The third-order valence-electron chi connectivity index (χ3n) is 3.00. The number of halogens is 3. The molecule has 0 unspecified atom stereocenters. The number of hydrogen-bond donors (Lipinski definition) is 2. The molecule has 0 saturated carbocycles. The second kappa shape index (κ2) is 13.3. The predicted octanol–water partition coefficient (Wildman–Crippen LogP) is 6.47. The molecule has 0 bridgehead atoms. The average molecular weight is 622 g/mol. The first kappa shape index (κ1) is 24.1. The molecule has 0 radical (unpaired) electrons. The summed E-state index contributed by atoms with van der Waals surface area (Å²) in [7, 11) is 0. The summed E-state index contributed by atoms with van der Waals surface area (Å²) >= 11 is 5.46. The van der Waals surface area contributed by atoms with Crippen molar-refractivity contribution in [2.45, 2.75) is 0 Å². The third kappa shape index (κ3) is 9.86. The van der Waals surface area contributed by atoms with Gasteiger partial charge in [0.2, 0.25) is 0 Å². The number of carbonyl (C=O) groups is 2. The van der Waals surface area contributed by atoms with E-state index in [4.69, 9.17) is 10.2 Å². The van der Waals surface area contributed by atoms with Gasteiger partial charge in [0.15, 0.2) is 21.2 Å². The molecule has 0 saturated heterocycles. The molecular formula is C20H15Br2IO5. The fraction of sp³-hybridized carbons (Fsp3) is 0. The standard InChI is InChI=1S/2C7H5BrO2.C6H5IO/c2*8-6-3-1-5(2-4-6)7(9)10;8-7-6-4-2-1-3-5-6/h2*1-4H,(H,9,10);1-5H. The van der Waals surface area contributed by atoms with Crippen LogP contribution < -0.4 is 0 Å². The first-order chi connectivity index (χ1) is 13.3.